The van der Waals surface area contributed by atoms with E-state index >= 15 is 0 Å². The summed E-state index contributed by atoms with van der Waals surface area (Å²) in [4.78, 5) is 0.213. The molecule has 0 heterocycles. The van der Waals surface area contributed by atoms with E-state index in [4.69, 9.17) is 5.11 Å². The molecule has 1 aromatic rings. The number of aromatic hydroxyl groups is 1. The fourth-order valence-electron chi connectivity index (χ4n) is 2.31. The van der Waals surface area contributed by atoms with Gasteiger partial charge < -0.3 is 5.11 Å². The Kier molecular flexibility index (Phi) is 4.24. The first-order valence-corrected chi connectivity index (χ1v) is 7.87. The lowest BCUT2D eigenvalue weighted by Crippen LogP contribution is -2.34. The van der Waals surface area contributed by atoms with Gasteiger partial charge in [0.2, 0.25) is 10.0 Å². The molecule has 1 aromatic carbocycles. The lowest BCUT2D eigenvalue weighted by atomic mass is 10.1. The van der Waals surface area contributed by atoms with Gasteiger partial charge in [-0.25, -0.2) is 13.1 Å². The van der Waals surface area contributed by atoms with Gasteiger partial charge in [-0.3, -0.25) is 0 Å². The van der Waals surface area contributed by atoms with Gasteiger partial charge in [-0.15, -0.1) is 0 Å². The molecule has 0 unspecified atom stereocenters. The summed E-state index contributed by atoms with van der Waals surface area (Å²) in [6.07, 6.45) is 6.38. The van der Waals surface area contributed by atoms with Crippen molar-refractivity contribution in [3.8, 4) is 5.75 Å². The summed E-state index contributed by atoms with van der Waals surface area (Å²) in [6, 6.07) is 5.68. The first-order chi connectivity index (χ1) is 8.58. The second-order valence-corrected chi connectivity index (χ2v) is 6.52. The van der Waals surface area contributed by atoms with Crippen molar-refractivity contribution in [1.82, 2.24) is 4.72 Å². The summed E-state index contributed by atoms with van der Waals surface area (Å²) in [7, 11) is -3.45. The molecule has 5 heteroatoms. The smallest absolute Gasteiger partial charge is 0.240 e. The molecule has 1 saturated carbocycles. The molecular weight excluding hydrogens is 250 g/mol. The Morgan fingerprint density at radius 1 is 1.00 bits per heavy atom. The van der Waals surface area contributed by atoms with Gasteiger partial charge in [0.1, 0.15) is 5.75 Å². The van der Waals surface area contributed by atoms with Crippen LogP contribution in [0.3, 0.4) is 0 Å². The van der Waals surface area contributed by atoms with Crippen LogP contribution in [0.15, 0.2) is 29.2 Å². The summed E-state index contributed by atoms with van der Waals surface area (Å²) in [5.41, 5.74) is 0. The van der Waals surface area contributed by atoms with Crippen LogP contribution >= 0.6 is 0 Å². The molecule has 2 rings (SSSR count). The van der Waals surface area contributed by atoms with Gasteiger partial charge in [-0.1, -0.05) is 25.7 Å². The van der Waals surface area contributed by atoms with Crippen molar-refractivity contribution in [2.45, 2.75) is 49.5 Å². The molecule has 0 bridgehead atoms. The van der Waals surface area contributed by atoms with Crippen molar-refractivity contribution in [2.24, 2.45) is 0 Å². The number of hydrogen-bond donors (Lipinski definition) is 2. The fraction of sp³-hybridized carbons (Fsp3) is 0.538. The standard InChI is InChI=1S/C13H19NO3S/c15-12-7-9-13(10-8-12)18(16,17)14-11-5-3-1-2-4-6-11/h7-11,14-15H,1-6H2. The molecule has 0 spiro atoms. The molecule has 2 N–H and O–H groups in total. The van der Waals surface area contributed by atoms with Gasteiger partial charge in [0.15, 0.2) is 0 Å². The topological polar surface area (TPSA) is 66.4 Å². The van der Waals surface area contributed by atoms with Crippen LogP contribution in [0, 0.1) is 0 Å². The second kappa shape index (κ2) is 5.71. The van der Waals surface area contributed by atoms with Crippen LogP contribution in [0.25, 0.3) is 0 Å². The monoisotopic (exact) mass is 269 g/mol. The van der Waals surface area contributed by atoms with E-state index in [1.54, 1.807) is 0 Å². The molecule has 0 radical (unpaired) electrons. The minimum Gasteiger partial charge on any atom is -0.508 e. The first-order valence-electron chi connectivity index (χ1n) is 6.39. The predicted molar refractivity (Wildman–Crippen MR) is 69.9 cm³/mol. The Morgan fingerprint density at radius 2 is 1.56 bits per heavy atom. The highest BCUT2D eigenvalue weighted by molar-refractivity contribution is 7.89. The van der Waals surface area contributed by atoms with E-state index in [0.29, 0.717) is 0 Å². The highest BCUT2D eigenvalue weighted by Crippen LogP contribution is 2.20. The summed E-state index contributed by atoms with van der Waals surface area (Å²) in [5, 5.41) is 9.17. The van der Waals surface area contributed by atoms with Crippen LogP contribution < -0.4 is 4.72 Å². The zero-order valence-electron chi connectivity index (χ0n) is 10.3. The molecule has 1 fully saturated rings. The Morgan fingerprint density at radius 3 is 2.11 bits per heavy atom. The average Bonchev–Trinajstić information content (AvgIpc) is 2.57. The second-order valence-electron chi connectivity index (χ2n) is 4.80. The van der Waals surface area contributed by atoms with Crippen LogP contribution in [-0.2, 0) is 10.0 Å². The van der Waals surface area contributed by atoms with E-state index in [0.717, 1.165) is 25.7 Å². The Balaban J connectivity index is 2.08. The molecule has 0 saturated heterocycles. The van der Waals surface area contributed by atoms with Crippen LogP contribution in [0.2, 0.25) is 0 Å². The number of hydrogen-bond acceptors (Lipinski definition) is 3. The van der Waals surface area contributed by atoms with Crippen molar-refractivity contribution >= 4 is 10.0 Å². The van der Waals surface area contributed by atoms with Crippen LogP contribution in [-0.4, -0.2) is 19.6 Å². The highest BCUT2D eigenvalue weighted by atomic mass is 32.2. The molecule has 0 aliphatic heterocycles. The summed E-state index contributed by atoms with van der Waals surface area (Å²) < 4.78 is 27.0. The van der Waals surface area contributed by atoms with Gasteiger partial charge in [0.25, 0.3) is 0 Å². The summed E-state index contributed by atoms with van der Waals surface area (Å²) in [5.74, 6) is 0.0726. The normalized spacial score (nSPS) is 18.4. The lowest BCUT2D eigenvalue weighted by Gasteiger charge is -2.16. The minimum absolute atomic E-state index is 0.0475. The fourth-order valence-corrected chi connectivity index (χ4v) is 3.61. The molecular formula is C13H19NO3S. The molecule has 1 aliphatic rings. The van der Waals surface area contributed by atoms with E-state index in [1.165, 1.54) is 37.1 Å². The van der Waals surface area contributed by atoms with Crippen molar-refractivity contribution in [3.63, 3.8) is 0 Å². The molecule has 0 atom stereocenters. The van der Waals surface area contributed by atoms with Crippen LogP contribution in [0.5, 0.6) is 5.75 Å². The summed E-state index contributed by atoms with van der Waals surface area (Å²) in [6.45, 7) is 0. The SMILES string of the molecule is O=S(=O)(NC1CCCCCC1)c1ccc(O)cc1. The van der Waals surface area contributed by atoms with Gasteiger partial charge in [-0.05, 0) is 37.1 Å². The maximum Gasteiger partial charge on any atom is 0.240 e. The molecule has 18 heavy (non-hydrogen) atoms. The lowest BCUT2D eigenvalue weighted by molar-refractivity contribution is 0.474. The van der Waals surface area contributed by atoms with E-state index in [1.807, 2.05) is 0 Å². The summed E-state index contributed by atoms with van der Waals surface area (Å²) >= 11 is 0. The number of phenolic OH excluding ortho intramolecular Hbond substituents is 1. The van der Waals surface area contributed by atoms with Crippen molar-refractivity contribution in [2.75, 3.05) is 0 Å². The molecule has 0 amide bonds. The maximum atomic E-state index is 12.1. The van der Waals surface area contributed by atoms with Gasteiger partial charge in [0.05, 0.1) is 4.90 Å². The van der Waals surface area contributed by atoms with Gasteiger partial charge in [0, 0.05) is 6.04 Å². The predicted octanol–water partition coefficient (Wildman–Crippen LogP) is 2.39. The first kappa shape index (κ1) is 13.4. The molecule has 1 aliphatic carbocycles. The average molecular weight is 269 g/mol. The van der Waals surface area contributed by atoms with Crippen LogP contribution in [0.4, 0.5) is 0 Å². The van der Waals surface area contributed by atoms with Crippen molar-refractivity contribution in [1.29, 1.82) is 0 Å². The number of phenols is 1. The van der Waals surface area contributed by atoms with Crippen molar-refractivity contribution < 1.29 is 13.5 Å². The van der Waals surface area contributed by atoms with E-state index in [2.05, 4.69) is 4.72 Å². The third-order valence-electron chi connectivity index (χ3n) is 3.32. The maximum absolute atomic E-state index is 12.1. The third kappa shape index (κ3) is 3.46. The number of rotatable bonds is 3. The van der Waals surface area contributed by atoms with Crippen molar-refractivity contribution in [3.05, 3.63) is 24.3 Å². The number of benzene rings is 1. The van der Waals surface area contributed by atoms with E-state index in [-0.39, 0.29) is 16.7 Å². The van der Waals surface area contributed by atoms with Gasteiger partial charge in [-0.2, -0.15) is 0 Å². The van der Waals surface area contributed by atoms with E-state index < -0.39 is 10.0 Å². The van der Waals surface area contributed by atoms with Gasteiger partial charge >= 0.3 is 0 Å². The minimum atomic E-state index is -3.45. The Bertz CT molecular complexity index is 473. The molecule has 0 aromatic heterocycles. The quantitative estimate of drug-likeness (QED) is 0.828. The largest absolute Gasteiger partial charge is 0.508 e. The molecule has 4 nitrogen and oxygen atoms in total. The van der Waals surface area contributed by atoms with Crippen LogP contribution in [0.1, 0.15) is 38.5 Å². The number of nitrogens with one attached hydrogen (secondary N) is 1. The molecule has 100 valence electrons. The van der Waals surface area contributed by atoms with E-state index in [9.17, 15) is 8.42 Å². The number of sulfonamides is 1. The highest BCUT2D eigenvalue weighted by Gasteiger charge is 2.20. The Hall–Kier alpha value is -1.07. The zero-order chi connectivity index (χ0) is 13.0. The Labute approximate surface area is 108 Å². The zero-order valence-corrected chi connectivity index (χ0v) is 11.1. The third-order valence-corrected chi connectivity index (χ3v) is 4.86.